The van der Waals surface area contributed by atoms with Crippen molar-refractivity contribution in [1.82, 2.24) is 15.3 Å². The lowest BCUT2D eigenvalue weighted by molar-refractivity contribution is -0.124. The number of hydrogen-bond donors (Lipinski definition) is 1. The second-order valence-corrected chi connectivity index (χ2v) is 2.55. The summed E-state index contributed by atoms with van der Waals surface area (Å²) in [5, 5.41) is 1.76. The molecule has 1 N–H and O–H groups in total. The zero-order valence-electron chi connectivity index (χ0n) is 6.87. The maximum atomic E-state index is 10.9. The molecule has 0 aromatic rings. The van der Waals surface area contributed by atoms with Crippen molar-refractivity contribution in [3.63, 3.8) is 0 Å². The van der Waals surface area contributed by atoms with E-state index in [4.69, 9.17) is 0 Å². The number of nitrogens with one attached hydrogen (secondary N) is 1. The Morgan fingerprint density at radius 3 is 2.82 bits per heavy atom. The SMILES string of the molecule is CCC(=O)NN1C=CN(C)C1. The molecule has 1 heterocycles. The summed E-state index contributed by atoms with van der Waals surface area (Å²) in [6, 6.07) is 0. The molecule has 0 saturated carbocycles. The van der Waals surface area contributed by atoms with Gasteiger partial charge in [0.25, 0.3) is 0 Å². The van der Waals surface area contributed by atoms with E-state index in [2.05, 4.69) is 5.43 Å². The first-order chi connectivity index (χ1) is 5.22. The zero-order chi connectivity index (χ0) is 8.27. The number of nitrogens with zero attached hydrogens (tertiary/aromatic N) is 2. The van der Waals surface area contributed by atoms with Gasteiger partial charge in [-0.2, -0.15) is 0 Å². The molecular weight excluding hydrogens is 142 g/mol. The minimum atomic E-state index is 0.0463. The molecule has 62 valence electrons. The Kier molecular flexibility index (Phi) is 2.36. The molecular formula is C7H13N3O. The van der Waals surface area contributed by atoms with Gasteiger partial charge in [-0.1, -0.05) is 6.92 Å². The highest BCUT2D eigenvalue weighted by molar-refractivity contribution is 5.75. The Hall–Kier alpha value is -1.19. The van der Waals surface area contributed by atoms with Crippen molar-refractivity contribution in [3.05, 3.63) is 12.4 Å². The van der Waals surface area contributed by atoms with Crippen LogP contribution in [0.25, 0.3) is 0 Å². The van der Waals surface area contributed by atoms with Gasteiger partial charge in [0.15, 0.2) is 0 Å². The van der Waals surface area contributed by atoms with Crippen molar-refractivity contribution in [3.8, 4) is 0 Å². The van der Waals surface area contributed by atoms with E-state index in [9.17, 15) is 4.79 Å². The van der Waals surface area contributed by atoms with Gasteiger partial charge in [0.2, 0.25) is 5.91 Å². The van der Waals surface area contributed by atoms with Gasteiger partial charge < -0.3 is 4.90 Å². The molecule has 0 saturated heterocycles. The highest BCUT2D eigenvalue weighted by Crippen LogP contribution is 1.99. The molecule has 0 aromatic carbocycles. The molecule has 4 nitrogen and oxygen atoms in total. The van der Waals surface area contributed by atoms with Crippen LogP contribution in [0.5, 0.6) is 0 Å². The minimum absolute atomic E-state index is 0.0463. The van der Waals surface area contributed by atoms with E-state index in [1.165, 1.54) is 0 Å². The maximum Gasteiger partial charge on any atom is 0.238 e. The summed E-state index contributed by atoms with van der Waals surface area (Å²) in [6.45, 7) is 2.56. The van der Waals surface area contributed by atoms with Gasteiger partial charge in [-0.15, -0.1) is 0 Å². The summed E-state index contributed by atoms with van der Waals surface area (Å²) in [6.07, 6.45) is 4.28. The third kappa shape index (κ3) is 2.14. The summed E-state index contributed by atoms with van der Waals surface area (Å²) in [5.41, 5.74) is 2.72. The third-order valence-electron chi connectivity index (χ3n) is 1.47. The summed E-state index contributed by atoms with van der Waals surface area (Å²) >= 11 is 0. The van der Waals surface area contributed by atoms with Crippen molar-refractivity contribution < 1.29 is 4.79 Å². The van der Waals surface area contributed by atoms with E-state index < -0.39 is 0 Å². The molecule has 0 bridgehead atoms. The van der Waals surface area contributed by atoms with Crippen LogP contribution < -0.4 is 5.43 Å². The fourth-order valence-electron chi connectivity index (χ4n) is 0.841. The summed E-state index contributed by atoms with van der Waals surface area (Å²) in [5.74, 6) is 0.0463. The van der Waals surface area contributed by atoms with Crippen molar-refractivity contribution in [1.29, 1.82) is 0 Å². The quantitative estimate of drug-likeness (QED) is 0.614. The average molecular weight is 155 g/mol. The van der Waals surface area contributed by atoms with E-state index in [1.807, 2.05) is 31.3 Å². The second kappa shape index (κ2) is 3.27. The van der Waals surface area contributed by atoms with Gasteiger partial charge in [0.05, 0.1) is 0 Å². The molecule has 1 amide bonds. The summed E-state index contributed by atoms with van der Waals surface area (Å²) in [7, 11) is 1.95. The lowest BCUT2D eigenvalue weighted by atomic mass is 10.5. The molecule has 0 fully saturated rings. The first-order valence-electron chi connectivity index (χ1n) is 3.67. The first-order valence-corrected chi connectivity index (χ1v) is 3.67. The highest BCUT2D eigenvalue weighted by Gasteiger charge is 2.09. The first kappa shape index (κ1) is 7.91. The molecule has 0 aliphatic carbocycles. The van der Waals surface area contributed by atoms with Crippen LogP contribution in [0, 0.1) is 0 Å². The van der Waals surface area contributed by atoms with E-state index in [0.717, 1.165) is 6.67 Å². The van der Waals surface area contributed by atoms with Crippen LogP contribution in [0.3, 0.4) is 0 Å². The van der Waals surface area contributed by atoms with Crippen molar-refractivity contribution in [2.24, 2.45) is 0 Å². The lowest BCUT2D eigenvalue weighted by Gasteiger charge is -2.18. The van der Waals surface area contributed by atoms with Gasteiger partial charge >= 0.3 is 0 Å². The van der Waals surface area contributed by atoms with Crippen LogP contribution in [-0.4, -0.2) is 29.5 Å². The van der Waals surface area contributed by atoms with Crippen LogP contribution >= 0.6 is 0 Å². The summed E-state index contributed by atoms with van der Waals surface area (Å²) < 4.78 is 0. The molecule has 0 spiro atoms. The van der Waals surface area contributed by atoms with E-state index >= 15 is 0 Å². The van der Waals surface area contributed by atoms with Crippen LogP contribution in [0.4, 0.5) is 0 Å². The van der Waals surface area contributed by atoms with Gasteiger partial charge in [0, 0.05) is 25.9 Å². The van der Waals surface area contributed by atoms with Crippen LogP contribution in [0.2, 0.25) is 0 Å². The smallest absolute Gasteiger partial charge is 0.238 e. The summed E-state index contributed by atoms with van der Waals surface area (Å²) in [4.78, 5) is 12.9. The van der Waals surface area contributed by atoms with Crippen LogP contribution in [0.15, 0.2) is 12.4 Å². The lowest BCUT2D eigenvalue weighted by Crippen LogP contribution is -2.39. The predicted molar refractivity (Wildman–Crippen MR) is 42.0 cm³/mol. The average Bonchev–Trinajstić information content (AvgIpc) is 2.35. The molecule has 1 aliphatic heterocycles. The van der Waals surface area contributed by atoms with E-state index in [1.54, 1.807) is 5.01 Å². The van der Waals surface area contributed by atoms with Gasteiger partial charge in [-0.3, -0.25) is 15.2 Å². The molecule has 0 unspecified atom stereocenters. The Morgan fingerprint density at radius 2 is 2.36 bits per heavy atom. The monoisotopic (exact) mass is 155 g/mol. The predicted octanol–water partition coefficient (Wildman–Crippen LogP) is 0.104. The number of carbonyl (C=O) groups excluding carboxylic acids is 1. The standard InChI is InChI=1S/C7H13N3O/c1-3-7(11)8-10-5-4-9(2)6-10/h4-5H,3,6H2,1-2H3,(H,8,11). The number of amides is 1. The zero-order valence-corrected chi connectivity index (χ0v) is 6.87. The Morgan fingerprint density at radius 1 is 1.64 bits per heavy atom. The third-order valence-corrected chi connectivity index (χ3v) is 1.47. The van der Waals surface area contributed by atoms with Gasteiger partial charge in [-0.25, -0.2) is 0 Å². The number of carbonyl (C=O) groups is 1. The number of hydrazine groups is 1. The van der Waals surface area contributed by atoms with E-state index in [-0.39, 0.29) is 5.91 Å². The topological polar surface area (TPSA) is 35.6 Å². The van der Waals surface area contributed by atoms with Crippen molar-refractivity contribution >= 4 is 5.91 Å². The van der Waals surface area contributed by atoms with Crippen LogP contribution in [-0.2, 0) is 4.79 Å². The number of rotatable bonds is 2. The van der Waals surface area contributed by atoms with Crippen molar-refractivity contribution in [2.45, 2.75) is 13.3 Å². The number of hydrogen-bond acceptors (Lipinski definition) is 3. The Bertz CT molecular complexity index is 179. The highest BCUT2D eigenvalue weighted by atomic mass is 16.2. The molecule has 1 rings (SSSR count). The second-order valence-electron chi connectivity index (χ2n) is 2.55. The Balaban J connectivity index is 2.29. The molecule has 11 heavy (non-hydrogen) atoms. The largest absolute Gasteiger partial charge is 0.360 e. The minimum Gasteiger partial charge on any atom is -0.360 e. The van der Waals surface area contributed by atoms with Gasteiger partial charge in [0.1, 0.15) is 6.67 Å². The van der Waals surface area contributed by atoms with Crippen molar-refractivity contribution in [2.75, 3.05) is 13.7 Å². The Labute approximate surface area is 66.4 Å². The fraction of sp³-hybridized carbons (Fsp3) is 0.571. The van der Waals surface area contributed by atoms with Gasteiger partial charge in [-0.05, 0) is 0 Å². The van der Waals surface area contributed by atoms with Crippen LogP contribution in [0.1, 0.15) is 13.3 Å². The maximum absolute atomic E-state index is 10.9. The van der Waals surface area contributed by atoms with E-state index in [0.29, 0.717) is 6.42 Å². The normalized spacial score (nSPS) is 15.8. The molecule has 0 aromatic heterocycles. The molecule has 0 radical (unpaired) electrons. The fourth-order valence-corrected chi connectivity index (χ4v) is 0.841. The molecule has 0 atom stereocenters. The molecule has 4 heteroatoms. The molecule has 1 aliphatic rings.